The second-order valence-corrected chi connectivity index (χ2v) is 6.04. The highest BCUT2D eigenvalue weighted by Gasteiger charge is 2.17. The number of nitrogens with one attached hydrogen (secondary N) is 1. The molecule has 2 N–H and O–H groups in total. The Morgan fingerprint density at radius 3 is 2.58 bits per heavy atom. The predicted molar refractivity (Wildman–Crippen MR) is 98.1 cm³/mol. The number of benzene rings is 3. The Morgan fingerprint density at radius 2 is 1.75 bits per heavy atom. The molecule has 0 fully saturated rings. The Labute approximate surface area is 144 Å². The van der Waals surface area contributed by atoms with Crippen LogP contribution in [0, 0.1) is 11.7 Å². The highest BCUT2D eigenvalue weighted by Crippen LogP contribution is 2.33. The zero-order chi connectivity index (χ0) is 16.7. The van der Waals surface area contributed by atoms with E-state index >= 15 is 0 Å². The first kappa shape index (κ1) is 14.7. The summed E-state index contributed by atoms with van der Waals surface area (Å²) in [7, 11) is 0. The summed E-state index contributed by atoms with van der Waals surface area (Å²) >= 11 is 5.47. The van der Waals surface area contributed by atoms with Gasteiger partial charge in [0.2, 0.25) is 0 Å². The van der Waals surface area contributed by atoms with Crippen LogP contribution >= 0.6 is 12.2 Å². The topological polar surface area (TPSA) is 53.8 Å². The molecule has 0 unspecified atom stereocenters. The van der Waals surface area contributed by atoms with E-state index < -0.39 is 0 Å². The zero-order valence-electron chi connectivity index (χ0n) is 13.0. The van der Waals surface area contributed by atoms with Crippen molar-refractivity contribution in [3.05, 3.63) is 71.0 Å². The molecule has 4 rings (SSSR count). The van der Waals surface area contributed by atoms with Gasteiger partial charge in [0, 0.05) is 5.39 Å². The fourth-order valence-electron chi connectivity index (χ4n) is 3.03. The van der Waals surface area contributed by atoms with Gasteiger partial charge in [0.25, 0.3) is 0 Å². The highest BCUT2D eigenvalue weighted by molar-refractivity contribution is 7.71. The lowest BCUT2D eigenvalue weighted by atomic mass is 10.1. The minimum Gasteiger partial charge on any atom is -0.507 e. The van der Waals surface area contributed by atoms with Gasteiger partial charge < -0.3 is 5.11 Å². The smallest absolute Gasteiger partial charge is 0.200 e. The predicted octanol–water partition coefficient (Wildman–Crippen LogP) is 4.76. The van der Waals surface area contributed by atoms with E-state index in [-0.39, 0.29) is 5.75 Å². The second kappa shape index (κ2) is 5.62. The summed E-state index contributed by atoms with van der Waals surface area (Å²) in [6, 6.07) is 19.6. The molecule has 0 amide bonds. The summed E-state index contributed by atoms with van der Waals surface area (Å²) in [4.78, 5) is 0. The van der Waals surface area contributed by atoms with Crippen LogP contribution in [-0.4, -0.2) is 19.9 Å². The van der Waals surface area contributed by atoms with E-state index in [4.69, 9.17) is 12.2 Å². The number of nitrogens with zero attached hydrogens (tertiary/aromatic N) is 2. The molecule has 24 heavy (non-hydrogen) atoms. The first-order valence-electron chi connectivity index (χ1n) is 7.61. The van der Waals surface area contributed by atoms with Gasteiger partial charge in [0.1, 0.15) is 5.75 Å². The molecule has 4 nitrogen and oxygen atoms in total. The first-order chi connectivity index (χ1) is 11.7. The fraction of sp³-hybridized carbons (Fsp3) is 0.0526. The van der Waals surface area contributed by atoms with E-state index in [1.165, 1.54) is 0 Å². The van der Waals surface area contributed by atoms with Gasteiger partial charge in [-0.05, 0) is 42.2 Å². The lowest BCUT2D eigenvalue weighted by Gasteiger charge is -2.12. The Kier molecular flexibility index (Phi) is 3.43. The van der Waals surface area contributed by atoms with Crippen molar-refractivity contribution < 1.29 is 5.11 Å². The third-order valence-electron chi connectivity index (χ3n) is 4.15. The molecule has 5 heteroatoms. The molecule has 0 aliphatic rings. The van der Waals surface area contributed by atoms with Gasteiger partial charge in [-0.25, -0.2) is 0 Å². The third-order valence-corrected chi connectivity index (χ3v) is 4.43. The molecule has 0 aliphatic carbocycles. The van der Waals surface area contributed by atoms with Crippen molar-refractivity contribution in [2.75, 3.05) is 0 Å². The highest BCUT2D eigenvalue weighted by atomic mass is 32.1. The molecule has 0 radical (unpaired) electrons. The minimum absolute atomic E-state index is 0.186. The fourth-order valence-corrected chi connectivity index (χ4v) is 3.27. The Balaban J connectivity index is 2.08. The van der Waals surface area contributed by atoms with Crippen molar-refractivity contribution in [2.24, 2.45) is 0 Å². The molecular weight excluding hydrogens is 318 g/mol. The standard InChI is InChI=1S/C19H15N3OS/c1-12-6-4-11-16(23)17(12)18-20-21-19(24)22(18)15-10-5-8-13-7-2-3-9-14(13)15/h2-11,23H,1H3,(H,21,24). The van der Waals surface area contributed by atoms with Crippen LogP contribution < -0.4 is 0 Å². The van der Waals surface area contributed by atoms with Crippen molar-refractivity contribution in [3.63, 3.8) is 0 Å². The SMILES string of the molecule is Cc1cccc(O)c1-c1n[nH]c(=S)n1-c1cccc2ccccc12. The molecule has 0 atom stereocenters. The number of aryl methyl sites for hydroxylation is 1. The summed E-state index contributed by atoms with van der Waals surface area (Å²) in [5.74, 6) is 0.789. The Morgan fingerprint density at radius 1 is 1.00 bits per heavy atom. The quantitative estimate of drug-likeness (QED) is 0.520. The van der Waals surface area contributed by atoms with Crippen LogP contribution in [0.25, 0.3) is 27.8 Å². The van der Waals surface area contributed by atoms with Gasteiger partial charge >= 0.3 is 0 Å². The number of H-pyrrole nitrogens is 1. The molecule has 0 bridgehead atoms. The van der Waals surface area contributed by atoms with E-state index in [9.17, 15) is 5.11 Å². The number of aromatic amines is 1. The molecule has 0 aliphatic heterocycles. The van der Waals surface area contributed by atoms with Crippen molar-refractivity contribution in [2.45, 2.75) is 6.92 Å². The first-order valence-corrected chi connectivity index (χ1v) is 8.02. The van der Waals surface area contributed by atoms with Crippen molar-refractivity contribution in [1.29, 1.82) is 0 Å². The van der Waals surface area contributed by atoms with Gasteiger partial charge in [-0.15, -0.1) is 0 Å². The van der Waals surface area contributed by atoms with Crippen LogP contribution in [0.5, 0.6) is 5.75 Å². The van der Waals surface area contributed by atoms with Gasteiger partial charge in [-0.2, -0.15) is 5.10 Å². The van der Waals surface area contributed by atoms with E-state index in [0.29, 0.717) is 16.2 Å². The number of hydrogen-bond acceptors (Lipinski definition) is 3. The van der Waals surface area contributed by atoms with Crippen LogP contribution in [0.3, 0.4) is 0 Å². The lowest BCUT2D eigenvalue weighted by molar-refractivity contribution is 0.476. The van der Waals surface area contributed by atoms with Gasteiger partial charge in [0.05, 0.1) is 11.3 Å². The summed E-state index contributed by atoms with van der Waals surface area (Å²) in [5.41, 5.74) is 2.55. The van der Waals surface area contributed by atoms with Crippen LogP contribution in [0.1, 0.15) is 5.56 Å². The average Bonchev–Trinajstić information content (AvgIpc) is 2.95. The Bertz CT molecular complexity index is 1090. The second-order valence-electron chi connectivity index (χ2n) is 5.66. The molecule has 1 heterocycles. The van der Waals surface area contributed by atoms with Crippen molar-refractivity contribution in [1.82, 2.24) is 14.8 Å². The summed E-state index contributed by atoms with van der Waals surface area (Å²) in [6.07, 6.45) is 0. The van der Waals surface area contributed by atoms with Gasteiger partial charge in [0.15, 0.2) is 10.6 Å². The maximum absolute atomic E-state index is 10.3. The zero-order valence-corrected chi connectivity index (χ0v) is 13.8. The molecule has 0 saturated heterocycles. The normalized spacial score (nSPS) is 11.0. The number of aromatic hydroxyl groups is 1. The largest absolute Gasteiger partial charge is 0.507 e. The molecule has 0 spiro atoms. The maximum Gasteiger partial charge on any atom is 0.200 e. The number of hydrogen-bond donors (Lipinski definition) is 2. The number of aromatic nitrogens is 3. The molecule has 3 aromatic carbocycles. The van der Waals surface area contributed by atoms with Gasteiger partial charge in [-0.1, -0.05) is 48.5 Å². The number of phenols is 1. The van der Waals surface area contributed by atoms with Gasteiger partial charge in [-0.3, -0.25) is 9.67 Å². The third kappa shape index (κ3) is 2.21. The lowest BCUT2D eigenvalue weighted by Crippen LogP contribution is -2.00. The van der Waals surface area contributed by atoms with E-state index in [1.807, 2.05) is 47.9 Å². The average molecular weight is 333 g/mol. The van der Waals surface area contributed by atoms with Crippen LogP contribution in [0.15, 0.2) is 60.7 Å². The summed E-state index contributed by atoms with van der Waals surface area (Å²) in [6.45, 7) is 1.94. The molecule has 0 saturated carbocycles. The Hall–Kier alpha value is -2.92. The van der Waals surface area contributed by atoms with E-state index in [2.05, 4.69) is 28.4 Å². The summed E-state index contributed by atoms with van der Waals surface area (Å²) < 4.78 is 2.36. The van der Waals surface area contributed by atoms with Crippen molar-refractivity contribution in [3.8, 4) is 22.8 Å². The van der Waals surface area contributed by atoms with Crippen LogP contribution in [0.2, 0.25) is 0 Å². The van der Waals surface area contributed by atoms with E-state index in [0.717, 1.165) is 22.0 Å². The van der Waals surface area contributed by atoms with E-state index in [1.54, 1.807) is 6.07 Å². The molecule has 4 aromatic rings. The molecular formula is C19H15N3OS. The minimum atomic E-state index is 0.186. The monoisotopic (exact) mass is 333 g/mol. The van der Waals surface area contributed by atoms with Crippen LogP contribution in [0.4, 0.5) is 0 Å². The number of fused-ring (bicyclic) bond motifs is 1. The number of rotatable bonds is 2. The van der Waals surface area contributed by atoms with Crippen molar-refractivity contribution >= 4 is 23.0 Å². The molecule has 1 aromatic heterocycles. The molecule has 118 valence electrons. The maximum atomic E-state index is 10.3. The van der Waals surface area contributed by atoms with Crippen LogP contribution in [-0.2, 0) is 0 Å². The summed E-state index contributed by atoms with van der Waals surface area (Å²) in [5, 5.41) is 19.8. The number of phenolic OH excluding ortho intramolecular Hbond substituents is 1.